The van der Waals surface area contributed by atoms with Gasteiger partial charge in [0.05, 0.1) is 17.7 Å². The molecule has 0 aliphatic carbocycles. The van der Waals surface area contributed by atoms with Gasteiger partial charge < -0.3 is 4.74 Å². The summed E-state index contributed by atoms with van der Waals surface area (Å²) in [5.41, 5.74) is -2.73. The van der Waals surface area contributed by atoms with Gasteiger partial charge in [-0.05, 0) is 36.8 Å². The van der Waals surface area contributed by atoms with Crippen LogP contribution in [-0.4, -0.2) is 6.61 Å². The fourth-order valence-corrected chi connectivity index (χ4v) is 2.10. The van der Waals surface area contributed by atoms with Gasteiger partial charge in [-0.15, -0.1) is 0 Å². The van der Waals surface area contributed by atoms with Crippen LogP contribution in [-0.2, 0) is 12.4 Å². The molecule has 0 aromatic heterocycles. The van der Waals surface area contributed by atoms with Crippen molar-refractivity contribution in [1.29, 1.82) is 0 Å². The van der Waals surface area contributed by atoms with E-state index in [1.54, 1.807) is 13.0 Å². The van der Waals surface area contributed by atoms with E-state index in [-0.39, 0.29) is 29.5 Å². The van der Waals surface area contributed by atoms with Gasteiger partial charge in [0.25, 0.3) is 0 Å². The van der Waals surface area contributed by atoms with Crippen LogP contribution in [0.4, 0.5) is 26.3 Å². The second kappa shape index (κ2) is 6.14. The van der Waals surface area contributed by atoms with Crippen molar-refractivity contribution in [3.05, 3.63) is 53.6 Å². The molecular formula is C16H12F6O. The summed E-state index contributed by atoms with van der Waals surface area (Å²) < 4.78 is 82.7. The summed E-state index contributed by atoms with van der Waals surface area (Å²) in [7, 11) is 0. The van der Waals surface area contributed by atoms with Crippen LogP contribution < -0.4 is 4.74 Å². The smallest absolute Gasteiger partial charge is 0.416 e. The maximum atomic E-state index is 12.9. The first kappa shape index (κ1) is 17.2. The van der Waals surface area contributed by atoms with E-state index in [1.165, 1.54) is 18.2 Å². The SMILES string of the molecule is CCOc1ccccc1-c1cc(C(F)(F)F)cc(C(F)(F)F)c1. The van der Waals surface area contributed by atoms with Crippen LogP contribution in [0.25, 0.3) is 11.1 Å². The fraction of sp³-hybridized carbons (Fsp3) is 0.250. The highest BCUT2D eigenvalue weighted by molar-refractivity contribution is 5.72. The van der Waals surface area contributed by atoms with Crippen molar-refractivity contribution in [3.8, 4) is 16.9 Å². The number of halogens is 6. The summed E-state index contributed by atoms with van der Waals surface area (Å²) in [6.07, 6.45) is -9.76. The van der Waals surface area contributed by atoms with Gasteiger partial charge in [0.15, 0.2) is 0 Å². The summed E-state index contributed by atoms with van der Waals surface area (Å²) in [6.45, 7) is 1.91. The Balaban J connectivity index is 2.67. The van der Waals surface area contributed by atoms with Crippen LogP contribution in [0, 0.1) is 0 Å². The Labute approximate surface area is 128 Å². The highest BCUT2D eigenvalue weighted by Gasteiger charge is 2.37. The highest BCUT2D eigenvalue weighted by Crippen LogP contribution is 2.40. The largest absolute Gasteiger partial charge is 0.493 e. The molecule has 0 heterocycles. The number of ether oxygens (including phenoxy) is 1. The molecule has 0 saturated heterocycles. The van der Waals surface area contributed by atoms with Gasteiger partial charge >= 0.3 is 12.4 Å². The molecule has 0 fully saturated rings. The molecule has 2 rings (SSSR count). The van der Waals surface area contributed by atoms with E-state index in [4.69, 9.17) is 4.74 Å². The van der Waals surface area contributed by atoms with Gasteiger partial charge in [0.2, 0.25) is 0 Å². The van der Waals surface area contributed by atoms with Crippen molar-refractivity contribution in [2.45, 2.75) is 19.3 Å². The number of alkyl halides is 6. The molecule has 0 unspecified atom stereocenters. The second-order valence-electron chi connectivity index (χ2n) is 4.72. The van der Waals surface area contributed by atoms with Crippen molar-refractivity contribution in [2.24, 2.45) is 0 Å². The summed E-state index contributed by atoms with van der Waals surface area (Å²) in [5.74, 6) is 0.224. The average molecular weight is 334 g/mol. The Hall–Kier alpha value is -2.18. The normalized spacial score (nSPS) is 12.3. The molecule has 1 nitrogen and oxygen atoms in total. The molecule has 7 heteroatoms. The minimum Gasteiger partial charge on any atom is -0.493 e. The van der Waals surface area contributed by atoms with Gasteiger partial charge in [0, 0.05) is 5.56 Å². The minimum absolute atomic E-state index is 0.104. The topological polar surface area (TPSA) is 9.23 Å². The van der Waals surface area contributed by atoms with Crippen LogP contribution in [0.15, 0.2) is 42.5 Å². The van der Waals surface area contributed by atoms with Gasteiger partial charge in [-0.2, -0.15) is 26.3 Å². The van der Waals surface area contributed by atoms with Gasteiger partial charge in [-0.1, -0.05) is 18.2 Å². The molecule has 0 aliphatic heterocycles. The Morgan fingerprint density at radius 1 is 0.826 bits per heavy atom. The second-order valence-corrected chi connectivity index (χ2v) is 4.72. The predicted molar refractivity (Wildman–Crippen MR) is 73.1 cm³/mol. The number of rotatable bonds is 3. The Kier molecular flexibility index (Phi) is 4.58. The van der Waals surface area contributed by atoms with E-state index in [0.717, 1.165) is 0 Å². The van der Waals surface area contributed by atoms with Gasteiger partial charge in [0.1, 0.15) is 5.75 Å². The zero-order valence-corrected chi connectivity index (χ0v) is 11.9. The summed E-state index contributed by atoms with van der Waals surface area (Å²) in [6, 6.07) is 7.50. The number of hydrogen-bond acceptors (Lipinski definition) is 1. The molecule has 0 amide bonds. The van der Waals surface area contributed by atoms with E-state index in [9.17, 15) is 26.3 Å². The predicted octanol–water partition coefficient (Wildman–Crippen LogP) is 5.79. The monoisotopic (exact) mass is 334 g/mol. The first-order valence-corrected chi connectivity index (χ1v) is 6.64. The number of benzene rings is 2. The molecule has 2 aromatic rings. The molecule has 0 aliphatic rings. The molecule has 0 saturated carbocycles. The van der Waals surface area contributed by atoms with Crippen molar-refractivity contribution < 1.29 is 31.1 Å². The summed E-state index contributed by atoms with van der Waals surface area (Å²) in [4.78, 5) is 0. The van der Waals surface area contributed by atoms with E-state index in [2.05, 4.69) is 0 Å². The van der Waals surface area contributed by atoms with E-state index < -0.39 is 23.5 Å². The quantitative estimate of drug-likeness (QED) is 0.646. The third kappa shape index (κ3) is 3.97. The number of hydrogen-bond donors (Lipinski definition) is 0. The molecule has 0 spiro atoms. The third-order valence-corrected chi connectivity index (χ3v) is 3.09. The van der Waals surface area contributed by atoms with E-state index in [0.29, 0.717) is 12.1 Å². The first-order valence-electron chi connectivity index (χ1n) is 6.64. The zero-order chi connectivity index (χ0) is 17.3. The lowest BCUT2D eigenvalue weighted by Gasteiger charge is -2.16. The molecule has 0 radical (unpaired) electrons. The molecule has 124 valence electrons. The number of para-hydroxylation sites is 1. The maximum absolute atomic E-state index is 12.9. The average Bonchev–Trinajstić information content (AvgIpc) is 2.46. The summed E-state index contributed by atoms with van der Waals surface area (Å²) >= 11 is 0. The van der Waals surface area contributed by atoms with Crippen molar-refractivity contribution in [2.75, 3.05) is 6.61 Å². The van der Waals surface area contributed by atoms with E-state index in [1.807, 2.05) is 0 Å². The zero-order valence-electron chi connectivity index (χ0n) is 11.9. The van der Waals surface area contributed by atoms with Crippen molar-refractivity contribution >= 4 is 0 Å². The lowest BCUT2D eigenvalue weighted by molar-refractivity contribution is -0.143. The van der Waals surface area contributed by atoms with Crippen molar-refractivity contribution in [1.82, 2.24) is 0 Å². The Bertz CT molecular complexity index is 655. The lowest BCUT2D eigenvalue weighted by atomic mass is 9.98. The fourth-order valence-electron chi connectivity index (χ4n) is 2.10. The van der Waals surface area contributed by atoms with Crippen LogP contribution in [0.3, 0.4) is 0 Å². The maximum Gasteiger partial charge on any atom is 0.416 e. The minimum atomic E-state index is -4.88. The Morgan fingerprint density at radius 3 is 1.83 bits per heavy atom. The molecular weight excluding hydrogens is 322 g/mol. The van der Waals surface area contributed by atoms with Gasteiger partial charge in [-0.25, -0.2) is 0 Å². The van der Waals surface area contributed by atoms with E-state index >= 15 is 0 Å². The first-order chi connectivity index (χ1) is 10.6. The summed E-state index contributed by atoms with van der Waals surface area (Å²) in [5, 5.41) is 0. The van der Waals surface area contributed by atoms with Crippen LogP contribution in [0.2, 0.25) is 0 Å². The molecule has 23 heavy (non-hydrogen) atoms. The molecule has 2 aromatic carbocycles. The van der Waals surface area contributed by atoms with Gasteiger partial charge in [-0.3, -0.25) is 0 Å². The third-order valence-electron chi connectivity index (χ3n) is 3.09. The van der Waals surface area contributed by atoms with Crippen LogP contribution in [0.1, 0.15) is 18.1 Å². The Morgan fingerprint density at radius 2 is 1.35 bits per heavy atom. The van der Waals surface area contributed by atoms with Crippen LogP contribution in [0.5, 0.6) is 5.75 Å². The lowest BCUT2D eigenvalue weighted by Crippen LogP contribution is -2.11. The standard InChI is InChI=1S/C16H12F6O/c1-2-23-14-6-4-3-5-13(14)10-7-11(15(17,18)19)9-12(8-10)16(20,21)22/h3-9H,2H2,1H3. The highest BCUT2D eigenvalue weighted by atomic mass is 19.4. The van der Waals surface area contributed by atoms with Crippen LogP contribution >= 0.6 is 0 Å². The molecule has 0 N–H and O–H groups in total. The molecule has 0 bridgehead atoms. The molecule has 0 atom stereocenters. The van der Waals surface area contributed by atoms with Crippen molar-refractivity contribution in [3.63, 3.8) is 0 Å².